The molecule has 0 radical (unpaired) electrons. The number of nitro groups is 1. The lowest BCUT2D eigenvalue weighted by atomic mass is 10.4. The molecule has 0 amide bonds. The summed E-state index contributed by atoms with van der Waals surface area (Å²) in [5.41, 5.74) is 0. The zero-order valence-corrected chi connectivity index (χ0v) is 8.15. The van der Waals surface area contributed by atoms with Crippen LogP contribution in [-0.2, 0) is 6.54 Å². The number of imidazole rings is 1. The van der Waals surface area contributed by atoms with Crippen molar-refractivity contribution in [2.24, 2.45) is 0 Å². The highest BCUT2D eigenvalue weighted by molar-refractivity contribution is 6.20. The Morgan fingerprint density at radius 2 is 2.46 bits per heavy atom. The van der Waals surface area contributed by atoms with Gasteiger partial charge in [0, 0.05) is 6.92 Å². The van der Waals surface area contributed by atoms with Gasteiger partial charge in [-0.15, -0.1) is 11.6 Å². The van der Waals surface area contributed by atoms with Crippen molar-refractivity contribution in [2.45, 2.75) is 25.8 Å². The molecule has 1 heterocycles. The summed E-state index contributed by atoms with van der Waals surface area (Å²) in [6.07, 6.45) is 1.24. The van der Waals surface area contributed by atoms with Gasteiger partial charge in [0.15, 0.2) is 5.82 Å². The highest BCUT2D eigenvalue weighted by Crippen LogP contribution is 2.15. The van der Waals surface area contributed by atoms with Crippen molar-refractivity contribution in [1.29, 1.82) is 0 Å². The summed E-state index contributed by atoms with van der Waals surface area (Å²) >= 11 is 5.75. The van der Waals surface area contributed by atoms with E-state index in [0.29, 0.717) is 12.4 Å². The van der Waals surface area contributed by atoms with Crippen LogP contribution in [0.5, 0.6) is 0 Å². The van der Waals surface area contributed by atoms with E-state index in [0.717, 1.165) is 0 Å². The zero-order valence-electron chi connectivity index (χ0n) is 7.40. The normalized spacial score (nSPS) is 12.8. The van der Waals surface area contributed by atoms with E-state index < -0.39 is 4.92 Å². The monoisotopic (exact) mass is 203 g/mol. The molecule has 0 aromatic carbocycles. The third-order valence-corrected chi connectivity index (χ3v) is 1.79. The SMILES string of the molecule is Cc1ncc([N+](=O)[O-])n1CC(C)Cl. The molecule has 13 heavy (non-hydrogen) atoms. The maximum absolute atomic E-state index is 10.5. The molecule has 72 valence electrons. The lowest BCUT2D eigenvalue weighted by molar-refractivity contribution is -0.392. The average Bonchev–Trinajstić information content (AvgIpc) is 2.32. The average molecular weight is 204 g/mol. The Morgan fingerprint density at radius 3 is 2.92 bits per heavy atom. The molecular formula is C7H10ClN3O2. The van der Waals surface area contributed by atoms with Gasteiger partial charge in [-0.1, -0.05) is 0 Å². The molecule has 0 N–H and O–H groups in total. The highest BCUT2D eigenvalue weighted by Gasteiger charge is 2.18. The summed E-state index contributed by atoms with van der Waals surface area (Å²) in [5.74, 6) is 0.601. The maximum atomic E-state index is 10.5. The van der Waals surface area contributed by atoms with Crippen molar-refractivity contribution in [3.05, 3.63) is 22.1 Å². The molecule has 0 aliphatic carbocycles. The molecule has 1 aromatic rings. The molecule has 0 saturated carbocycles. The number of alkyl halides is 1. The molecule has 1 rings (SSSR count). The predicted octanol–water partition coefficient (Wildman–Crippen LogP) is 1.73. The molecule has 0 spiro atoms. The minimum atomic E-state index is -0.459. The Hall–Kier alpha value is -1.10. The zero-order chi connectivity index (χ0) is 10.0. The Balaban J connectivity index is 3.01. The van der Waals surface area contributed by atoms with Crippen LogP contribution < -0.4 is 0 Å². The Kier molecular flexibility index (Phi) is 2.87. The molecule has 0 aliphatic rings. The molecule has 6 heteroatoms. The summed E-state index contributed by atoms with van der Waals surface area (Å²) in [4.78, 5) is 13.9. The fourth-order valence-corrected chi connectivity index (χ4v) is 1.22. The number of nitrogens with zero attached hydrogens (tertiary/aromatic N) is 3. The molecular weight excluding hydrogens is 194 g/mol. The largest absolute Gasteiger partial charge is 0.358 e. The summed E-state index contributed by atoms with van der Waals surface area (Å²) < 4.78 is 1.50. The second kappa shape index (κ2) is 3.74. The van der Waals surface area contributed by atoms with Gasteiger partial charge < -0.3 is 10.1 Å². The van der Waals surface area contributed by atoms with Crippen LogP contribution in [0.15, 0.2) is 6.20 Å². The number of hydrogen-bond acceptors (Lipinski definition) is 3. The lowest BCUT2D eigenvalue weighted by Crippen LogP contribution is -2.10. The van der Waals surface area contributed by atoms with Crippen molar-refractivity contribution >= 4 is 17.4 Å². The van der Waals surface area contributed by atoms with E-state index in [1.807, 2.05) is 0 Å². The van der Waals surface area contributed by atoms with Crippen molar-refractivity contribution in [2.75, 3.05) is 0 Å². The summed E-state index contributed by atoms with van der Waals surface area (Å²) in [6.45, 7) is 3.90. The summed E-state index contributed by atoms with van der Waals surface area (Å²) in [7, 11) is 0. The molecule has 5 nitrogen and oxygen atoms in total. The second-order valence-electron chi connectivity index (χ2n) is 2.81. The Morgan fingerprint density at radius 1 is 1.85 bits per heavy atom. The third-order valence-electron chi connectivity index (χ3n) is 1.66. The van der Waals surface area contributed by atoms with Gasteiger partial charge in [-0.05, 0) is 11.8 Å². The van der Waals surface area contributed by atoms with Crippen molar-refractivity contribution in [3.63, 3.8) is 0 Å². The van der Waals surface area contributed by atoms with E-state index in [-0.39, 0.29) is 11.2 Å². The fraction of sp³-hybridized carbons (Fsp3) is 0.571. The third kappa shape index (κ3) is 2.18. The standard InChI is InChI=1S/C7H10ClN3O2/c1-5(8)4-10-6(2)9-3-7(10)11(12)13/h3,5H,4H2,1-2H3. The predicted molar refractivity (Wildman–Crippen MR) is 48.9 cm³/mol. The van der Waals surface area contributed by atoms with Gasteiger partial charge in [0.1, 0.15) is 12.7 Å². The molecule has 0 bridgehead atoms. The van der Waals surface area contributed by atoms with Gasteiger partial charge in [0.05, 0.1) is 5.38 Å². The minimum Gasteiger partial charge on any atom is -0.358 e. The van der Waals surface area contributed by atoms with Crippen LogP contribution in [0, 0.1) is 17.0 Å². The van der Waals surface area contributed by atoms with Crippen LogP contribution in [0.2, 0.25) is 0 Å². The van der Waals surface area contributed by atoms with Gasteiger partial charge in [-0.25, -0.2) is 9.55 Å². The van der Waals surface area contributed by atoms with Crippen LogP contribution in [0.4, 0.5) is 5.82 Å². The topological polar surface area (TPSA) is 61.0 Å². The molecule has 0 fully saturated rings. The molecule has 1 atom stereocenters. The van der Waals surface area contributed by atoms with E-state index in [9.17, 15) is 10.1 Å². The molecule has 0 aliphatic heterocycles. The van der Waals surface area contributed by atoms with E-state index >= 15 is 0 Å². The fourth-order valence-electron chi connectivity index (χ4n) is 1.08. The minimum absolute atomic E-state index is 0.00926. The summed E-state index contributed by atoms with van der Waals surface area (Å²) in [6, 6.07) is 0. The lowest BCUT2D eigenvalue weighted by Gasteiger charge is -2.03. The van der Waals surface area contributed by atoms with Gasteiger partial charge >= 0.3 is 5.82 Å². The van der Waals surface area contributed by atoms with Crippen LogP contribution in [0.3, 0.4) is 0 Å². The molecule has 1 aromatic heterocycles. The van der Waals surface area contributed by atoms with E-state index in [4.69, 9.17) is 11.6 Å². The Bertz CT molecular complexity index is 322. The first kappa shape index (κ1) is 9.98. The van der Waals surface area contributed by atoms with Crippen LogP contribution in [0.25, 0.3) is 0 Å². The van der Waals surface area contributed by atoms with Gasteiger partial charge in [-0.3, -0.25) is 0 Å². The molecule has 1 unspecified atom stereocenters. The number of hydrogen-bond donors (Lipinski definition) is 0. The number of aryl methyl sites for hydroxylation is 1. The van der Waals surface area contributed by atoms with Gasteiger partial charge in [0.2, 0.25) is 0 Å². The van der Waals surface area contributed by atoms with Crippen LogP contribution >= 0.6 is 11.6 Å². The van der Waals surface area contributed by atoms with Crippen molar-refractivity contribution in [1.82, 2.24) is 9.55 Å². The van der Waals surface area contributed by atoms with E-state index in [2.05, 4.69) is 4.98 Å². The smallest absolute Gasteiger partial charge is 0.342 e. The molecule has 0 saturated heterocycles. The first-order valence-electron chi connectivity index (χ1n) is 3.83. The maximum Gasteiger partial charge on any atom is 0.342 e. The number of halogens is 1. The first-order valence-corrected chi connectivity index (χ1v) is 4.26. The second-order valence-corrected chi connectivity index (χ2v) is 3.56. The summed E-state index contributed by atoms with van der Waals surface area (Å²) in [5, 5.41) is 10.4. The van der Waals surface area contributed by atoms with Crippen molar-refractivity contribution in [3.8, 4) is 0 Å². The van der Waals surface area contributed by atoms with Gasteiger partial charge in [-0.2, -0.15) is 0 Å². The van der Waals surface area contributed by atoms with Crippen LogP contribution in [-0.4, -0.2) is 19.9 Å². The Labute approximate surface area is 80.5 Å². The van der Waals surface area contributed by atoms with Gasteiger partial charge in [0.25, 0.3) is 0 Å². The first-order chi connectivity index (χ1) is 6.02. The quantitative estimate of drug-likeness (QED) is 0.427. The van der Waals surface area contributed by atoms with Crippen molar-refractivity contribution < 1.29 is 4.92 Å². The van der Waals surface area contributed by atoms with E-state index in [1.54, 1.807) is 13.8 Å². The van der Waals surface area contributed by atoms with Crippen LogP contribution in [0.1, 0.15) is 12.7 Å². The number of aromatic nitrogens is 2. The number of rotatable bonds is 3. The van der Waals surface area contributed by atoms with E-state index in [1.165, 1.54) is 10.8 Å². The highest BCUT2D eigenvalue weighted by atomic mass is 35.5.